The Morgan fingerprint density at radius 2 is 1.90 bits per heavy atom. The average molecular weight is 529 g/mol. The van der Waals surface area contributed by atoms with Crippen LogP contribution in [0.3, 0.4) is 0 Å². The minimum atomic E-state index is -0.502. The number of nitrogens with zero attached hydrogens (tertiary/aromatic N) is 5. The molecule has 0 radical (unpaired) electrons. The molecule has 1 amide bonds. The van der Waals surface area contributed by atoms with Crippen LogP contribution in [0.1, 0.15) is 32.8 Å². The molecule has 3 aromatic rings. The minimum Gasteiger partial charge on any atom is -0.444 e. The smallest absolute Gasteiger partial charge is 0.410 e. The normalized spacial score (nSPS) is 18.9. The van der Waals surface area contributed by atoms with E-state index >= 15 is 0 Å². The molecule has 39 heavy (non-hydrogen) atoms. The molecule has 3 aliphatic rings. The van der Waals surface area contributed by atoms with Gasteiger partial charge in [0.15, 0.2) is 0 Å². The fourth-order valence-corrected chi connectivity index (χ4v) is 6.26. The van der Waals surface area contributed by atoms with Crippen molar-refractivity contribution in [1.29, 1.82) is 0 Å². The van der Waals surface area contributed by atoms with E-state index in [0.717, 1.165) is 71.6 Å². The van der Waals surface area contributed by atoms with E-state index in [0.29, 0.717) is 32.0 Å². The first-order valence-electron chi connectivity index (χ1n) is 13.7. The van der Waals surface area contributed by atoms with Gasteiger partial charge in [0, 0.05) is 61.4 Å². The summed E-state index contributed by atoms with van der Waals surface area (Å²) in [5, 5.41) is 8.41. The van der Waals surface area contributed by atoms with Gasteiger partial charge in [-0.3, -0.25) is 5.10 Å². The van der Waals surface area contributed by atoms with E-state index < -0.39 is 5.60 Å². The van der Waals surface area contributed by atoms with Gasteiger partial charge in [0.25, 0.3) is 0 Å². The van der Waals surface area contributed by atoms with Gasteiger partial charge < -0.3 is 24.2 Å². The number of hydrogen-bond acceptors (Lipinski definition) is 6. The Morgan fingerprint density at radius 3 is 2.62 bits per heavy atom. The van der Waals surface area contributed by atoms with Crippen LogP contribution in [0.25, 0.3) is 26.9 Å². The highest BCUT2D eigenvalue weighted by atomic mass is 16.6. The number of aromatic amines is 1. The van der Waals surface area contributed by atoms with Crippen LogP contribution < -0.4 is 9.80 Å². The van der Waals surface area contributed by atoms with Crippen molar-refractivity contribution in [3.05, 3.63) is 47.4 Å². The molecule has 0 unspecified atom stereocenters. The number of aryl methyl sites for hydroxylation is 1. The third kappa shape index (κ3) is 4.67. The fourth-order valence-electron chi connectivity index (χ4n) is 6.26. The van der Waals surface area contributed by atoms with Crippen LogP contribution in [-0.4, -0.2) is 79.3 Å². The number of amides is 1. The molecule has 3 fully saturated rings. The zero-order valence-corrected chi connectivity index (χ0v) is 23.2. The maximum absolute atomic E-state index is 12.6. The number of aromatic nitrogens is 2. The van der Waals surface area contributed by atoms with Crippen molar-refractivity contribution in [1.82, 2.24) is 15.1 Å². The largest absolute Gasteiger partial charge is 0.444 e. The van der Waals surface area contributed by atoms with Gasteiger partial charge in [-0.1, -0.05) is 6.07 Å². The molecular formula is C30H36N6O3. The first kappa shape index (κ1) is 25.5. The Balaban J connectivity index is 1.37. The SMILES string of the molecule is [C-]#[N+]c1c(-c2c(C)ccc3[nH]ncc23)cc(N2CCOCC2)cc1N1CCC2(CN(C(=O)OC(C)(C)C)C2)C1. The lowest BCUT2D eigenvalue weighted by Crippen LogP contribution is -2.60. The Morgan fingerprint density at radius 1 is 1.13 bits per heavy atom. The number of H-pyrrole nitrogens is 1. The topological polar surface area (TPSA) is 78.3 Å². The molecule has 3 aliphatic heterocycles. The molecule has 4 heterocycles. The molecule has 9 nitrogen and oxygen atoms in total. The van der Waals surface area contributed by atoms with Crippen LogP contribution in [-0.2, 0) is 9.47 Å². The summed E-state index contributed by atoms with van der Waals surface area (Å²) in [5.74, 6) is 0. The van der Waals surface area contributed by atoms with Crippen LogP contribution in [0.4, 0.5) is 21.9 Å². The summed E-state index contributed by atoms with van der Waals surface area (Å²) >= 11 is 0. The van der Waals surface area contributed by atoms with Crippen molar-refractivity contribution >= 4 is 34.1 Å². The van der Waals surface area contributed by atoms with Gasteiger partial charge in [0.1, 0.15) is 5.60 Å². The summed E-state index contributed by atoms with van der Waals surface area (Å²) < 4.78 is 11.2. The number of fused-ring (bicyclic) bond motifs is 1. The van der Waals surface area contributed by atoms with Gasteiger partial charge in [0.2, 0.25) is 5.69 Å². The lowest BCUT2D eigenvalue weighted by molar-refractivity contribution is -0.0266. The molecule has 1 N–H and O–H groups in total. The summed E-state index contributed by atoms with van der Waals surface area (Å²) in [4.78, 5) is 23.3. The maximum atomic E-state index is 12.6. The Hall–Kier alpha value is -3.77. The summed E-state index contributed by atoms with van der Waals surface area (Å²) in [6, 6.07) is 8.50. The molecule has 0 aliphatic carbocycles. The molecule has 1 aromatic heterocycles. The molecular weight excluding hydrogens is 492 g/mol. The van der Waals surface area contributed by atoms with Crippen molar-refractivity contribution in [3.63, 3.8) is 0 Å². The number of likely N-dealkylation sites (tertiary alicyclic amines) is 1. The van der Waals surface area contributed by atoms with Crippen LogP contribution in [0, 0.1) is 18.9 Å². The quantitative estimate of drug-likeness (QED) is 0.461. The van der Waals surface area contributed by atoms with Gasteiger partial charge in [-0.05, 0) is 69.0 Å². The zero-order chi connectivity index (χ0) is 27.4. The minimum absolute atomic E-state index is 0.0336. The number of benzene rings is 2. The highest BCUT2D eigenvalue weighted by molar-refractivity contribution is 6.03. The van der Waals surface area contributed by atoms with Crippen LogP contribution in [0.5, 0.6) is 0 Å². The van der Waals surface area contributed by atoms with Crippen LogP contribution >= 0.6 is 0 Å². The number of rotatable bonds is 3. The van der Waals surface area contributed by atoms with Crippen molar-refractivity contribution < 1.29 is 14.3 Å². The lowest BCUT2D eigenvalue weighted by atomic mass is 9.79. The highest BCUT2D eigenvalue weighted by Crippen LogP contribution is 2.49. The van der Waals surface area contributed by atoms with Crippen molar-refractivity contribution in [2.45, 2.75) is 39.7 Å². The molecule has 204 valence electrons. The van der Waals surface area contributed by atoms with Crippen LogP contribution in [0.15, 0.2) is 30.5 Å². The number of hydrogen-bond donors (Lipinski definition) is 1. The van der Waals surface area contributed by atoms with E-state index in [-0.39, 0.29) is 11.5 Å². The van der Waals surface area contributed by atoms with E-state index in [1.54, 1.807) is 0 Å². The van der Waals surface area contributed by atoms with Crippen molar-refractivity contribution in [2.75, 3.05) is 62.3 Å². The number of ether oxygens (including phenoxy) is 2. The second-order valence-corrected chi connectivity index (χ2v) is 12.2. The van der Waals surface area contributed by atoms with Crippen LogP contribution in [0.2, 0.25) is 0 Å². The van der Waals surface area contributed by atoms with Gasteiger partial charge >= 0.3 is 6.09 Å². The number of anilines is 2. The van der Waals surface area contributed by atoms with E-state index in [1.807, 2.05) is 37.9 Å². The van der Waals surface area contributed by atoms with E-state index in [1.165, 1.54) is 0 Å². The Bertz CT molecular complexity index is 1450. The number of morpholine rings is 1. The van der Waals surface area contributed by atoms with Gasteiger partial charge in [-0.2, -0.15) is 5.10 Å². The predicted molar refractivity (Wildman–Crippen MR) is 153 cm³/mol. The predicted octanol–water partition coefficient (Wildman–Crippen LogP) is 5.37. The second-order valence-electron chi connectivity index (χ2n) is 12.2. The van der Waals surface area contributed by atoms with Crippen molar-refractivity contribution in [3.8, 4) is 11.1 Å². The third-order valence-corrected chi connectivity index (χ3v) is 8.15. The van der Waals surface area contributed by atoms with Crippen molar-refractivity contribution in [2.24, 2.45) is 5.41 Å². The monoisotopic (exact) mass is 528 g/mol. The highest BCUT2D eigenvalue weighted by Gasteiger charge is 2.50. The molecule has 9 heteroatoms. The van der Waals surface area contributed by atoms with E-state index in [4.69, 9.17) is 16.0 Å². The van der Waals surface area contributed by atoms with Gasteiger partial charge in [-0.15, -0.1) is 0 Å². The first-order chi connectivity index (χ1) is 18.7. The lowest BCUT2D eigenvalue weighted by Gasteiger charge is -2.47. The first-order valence-corrected chi connectivity index (χ1v) is 13.7. The Kier molecular flexibility index (Phi) is 6.18. The number of carbonyl (C=O) groups excluding carboxylic acids is 1. The van der Waals surface area contributed by atoms with E-state index in [2.05, 4.69) is 50.0 Å². The number of carbonyl (C=O) groups is 1. The Labute approximate surface area is 229 Å². The summed E-state index contributed by atoms with van der Waals surface area (Å²) in [6.07, 6.45) is 2.60. The average Bonchev–Trinajstić information content (AvgIpc) is 3.54. The van der Waals surface area contributed by atoms with Gasteiger partial charge in [0.05, 0.1) is 31.5 Å². The molecule has 0 atom stereocenters. The third-order valence-electron chi connectivity index (χ3n) is 8.15. The molecule has 0 bridgehead atoms. The molecule has 6 rings (SSSR count). The molecule has 2 aromatic carbocycles. The number of nitrogens with one attached hydrogen (secondary N) is 1. The van der Waals surface area contributed by atoms with Gasteiger partial charge in [-0.25, -0.2) is 9.64 Å². The maximum Gasteiger partial charge on any atom is 0.410 e. The summed E-state index contributed by atoms with van der Waals surface area (Å²) in [6.45, 7) is 22.2. The standard InChI is InChI=1S/C30H36N6O3/c1-20-6-7-24-23(16-32-33-24)26(20)22-14-21(34-10-12-38-13-11-34)15-25(27(22)31-5)35-9-8-30(17-35)18-36(19-30)28(37)39-29(2,3)4/h6-7,14-16H,8-13,17-19H2,1-4H3,(H,32,33). The molecule has 0 saturated carbocycles. The summed E-state index contributed by atoms with van der Waals surface area (Å²) in [7, 11) is 0. The molecule has 1 spiro atoms. The second kappa shape index (κ2) is 9.45. The summed E-state index contributed by atoms with van der Waals surface area (Å²) in [5.41, 5.74) is 6.35. The molecule has 3 saturated heterocycles. The fraction of sp³-hybridized carbons (Fsp3) is 0.500. The van der Waals surface area contributed by atoms with E-state index in [9.17, 15) is 4.79 Å². The zero-order valence-electron chi connectivity index (χ0n) is 23.2.